The molecule has 1 heterocycles. The smallest absolute Gasteiger partial charge is 0.343 e. The average Bonchev–Trinajstić information content (AvgIpc) is 2.36. The van der Waals surface area contributed by atoms with Gasteiger partial charge in [-0.1, -0.05) is 0 Å². The predicted molar refractivity (Wildman–Crippen MR) is 94.3 cm³/mol. The van der Waals surface area contributed by atoms with Crippen LogP contribution in [-0.4, -0.2) is 0 Å². The summed E-state index contributed by atoms with van der Waals surface area (Å²) < 4.78 is 7.49. The van der Waals surface area contributed by atoms with Crippen LogP contribution in [0.5, 0.6) is 0 Å². The second kappa shape index (κ2) is 6.75. The Morgan fingerprint density at radius 2 is 1.95 bits per heavy atom. The standard InChI is InChI=1S/C15H12I2O2/c1-2-3-4-5-6-11-9-12-13(15(18)19-11)7-10(16)8-14(12)17/h1,7-9H,3-6H2. The molecule has 0 bridgehead atoms. The van der Waals surface area contributed by atoms with Gasteiger partial charge < -0.3 is 4.42 Å². The van der Waals surface area contributed by atoms with Gasteiger partial charge >= 0.3 is 5.63 Å². The Labute approximate surface area is 139 Å². The molecule has 0 aliphatic rings. The summed E-state index contributed by atoms with van der Waals surface area (Å²) in [4.78, 5) is 12.0. The number of unbranched alkanes of at least 4 members (excludes halogenated alkanes) is 2. The summed E-state index contributed by atoms with van der Waals surface area (Å²) in [6.07, 6.45) is 8.65. The topological polar surface area (TPSA) is 30.2 Å². The zero-order valence-corrected chi connectivity index (χ0v) is 14.5. The largest absolute Gasteiger partial charge is 0.427 e. The van der Waals surface area contributed by atoms with Crippen LogP contribution in [0.15, 0.2) is 27.4 Å². The number of terminal acetylenes is 1. The second-order valence-corrected chi connectivity index (χ2v) is 6.67. The highest BCUT2D eigenvalue weighted by molar-refractivity contribution is 14.1. The molecule has 0 N–H and O–H groups in total. The number of aryl methyl sites for hydroxylation is 1. The minimum atomic E-state index is -0.249. The van der Waals surface area contributed by atoms with E-state index in [0.29, 0.717) is 5.39 Å². The molecule has 0 unspecified atom stereocenters. The third-order valence-corrected chi connectivity index (χ3v) is 4.35. The van der Waals surface area contributed by atoms with Crippen LogP contribution >= 0.6 is 45.2 Å². The van der Waals surface area contributed by atoms with Crippen LogP contribution in [0.1, 0.15) is 25.0 Å². The second-order valence-electron chi connectivity index (χ2n) is 4.26. The quantitative estimate of drug-likeness (QED) is 0.372. The number of fused-ring (bicyclic) bond motifs is 1. The van der Waals surface area contributed by atoms with Crippen LogP contribution in [-0.2, 0) is 6.42 Å². The molecule has 0 aliphatic heterocycles. The van der Waals surface area contributed by atoms with Gasteiger partial charge in [0, 0.05) is 25.4 Å². The van der Waals surface area contributed by atoms with Crippen molar-refractivity contribution in [3.8, 4) is 12.3 Å². The summed E-state index contributed by atoms with van der Waals surface area (Å²) in [7, 11) is 0. The molecule has 19 heavy (non-hydrogen) atoms. The molecule has 0 fully saturated rings. The van der Waals surface area contributed by atoms with Crippen molar-refractivity contribution in [2.75, 3.05) is 0 Å². The Balaban J connectivity index is 2.34. The van der Waals surface area contributed by atoms with E-state index < -0.39 is 0 Å². The molecule has 0 saturated heterocycles. The Hall–Kier alpha value is -0.550. The van der Waals surface area contributed by atoms with Crippen molar-refractivity contribution >= 4 is 56.0 Å². The zero-order valence-electron chi connectivity index (χ0n) is 10.2. The van der Waals surface area contributed by atoms with Gasteiger partial charge in [0.05, 0.1) is 5.39 Å². The highest BCUT2D eigenvalue weighted by Crippen LogP contribution is 2.23. The zero-order chi connectivity index (χ0) is 13.8. The van der Waals surface area contributed by atoms with Gasteiger partial charge in [-0.25, -0.2) is 4.79 Å². The predicted octanol–water partition coefficient (Wildman–Crippen LogP) is 4.35. The monoisotopic (exact) mass is 478 g/mol. The molecule has 0 atom stereocenters. The van der Waals surface area contributed by atoms with E-state index in [4.69, 9.17) is 10.8 Å². The lowest BCUT2D eigenvalue weighted by Crippen LogP contribution is -2.03. The van der Waals surface area contributed by atoms with Gasteiger partial charge in [-0.3, -0.25) is 0 Å². The molecule has 0 amide bonds. The molecule has 4 heteroatoms. The number of benzene rings is 1. The summed E-state index contributed by atoms with van der Waals surface area (Å²) in [6.45, 7) is 0. The van der Waals surface area contributed by atoms with Gasteiger partial charge in [-0.15, -0.1) is 12.3 Å². The van der Waals surface area contributed by atoms with E-state index in [2.05, 4.69) is 57.2 Å². The number of hydrogen-bond donors (Lipinski definition) is 0. The highest BCUT2D eigenvalue weighted by atomic mass is 127. The van der Waals surface area contributed by atoms with E-state index in [9.17, 15) is 4.79 Å². The Kier molecular flexibility index (Phi) is 5.28. The molecule has 2 rings (SSSR count). The first-order valence-electron chi connectivity index (χ1n) is 5.97. The van der Waals surface area contributed by atoms with Gasteiger partial charge in [0.1, 0.15) is 5.76 Å². The van der Waals surface area contributed by atoms with Gasteiger partial charge in [0.15, 0.2) is 0 Å². The first-order chi connectivity index (χ1) is 9.11. The molecule has 2 nitrogen and oxygen atoms in total. The van der Waals surface area contributed by atoms with Crippen LogP contribution in [0.2, 0.25) is 0 Å². The van der Waals surface area contributed by atoms with Gasteiger partial charge in [0.2, 0.25) is 0 Å². The van der Waals surface area contributed by atoms with E-state index >= 15 is 0 Å². The van der Waals surface area contributed by atoms with Crippen molar-refractivity contribution in [2.24, 2.45) is 0 Å². The fourth-order valence-electron chi connectivity index (χ4n) is 1.91. The SMILES string of the molecule is C#CCCCCc1cc2c(I)cc(I)cc2c(=O)o1. The van der Waals surface area contributed by atoms with Gasteiger partial charge in [0.25, 0.3) is 0 Å². The molecule has 0 aliphatic carbocycles. The van der Waals surface area contributed by atoms with Gasteiger partial charge in [-0.05, 0) is 76.2 Å². The van der Waals surface area contributed by atoms with Gasteiger partial charge in [-0.2, -0.15) is 0 Å². The third kappa shape index (κ3) is 3.72. The minimum absolute atomic E-state index is 0.249. The maximum Gasteiger partial charge on any atom is 0.343 e. The summed E-state index contributed by atoms with van der Waals surface area (Å²) in [5, 5.41) is 1.63. The maximum atomic E-state index is 12.0. The molecule has 2 aromatic rings. The molecule has 98 valence electrons. The highest BCUT2D eigenvalue weighted by Gasteiger charge is 2.08. The van der Waals surface area contributed by atoms with Crippen molar-refractivity contribution in [3.63, 3.8) is 0 Å². The lowest BCUT2D eigenvalue weighted by molar-refractivity contribution is 0.459. The Bertz CT molecular complexity index is 696. The van der Waals surface area contributed by atoms with E-state index in [1.807, 2.05) is 12.1 Å². The van der Waals surface area contributed by atoms with Crippen LogP contribution in [0.4, 0.5) is 0 Å². The number of halogens is 2. The molecule has 1 aromatic carbocycles. The molecule has 0 spiro atoms. The van der Waals surface area contributed by atoms with Crippen molar-refractivity contribution in [2.45, 2.75) is 25.7 Å². The number of hydrogen-bond acceptors (Lipinski definition) is 2. The molecule has 0 saturated carbocycles. The molecule has 1 aromatic heterocycles. The van der Waals surface area contributed by atoms with E-state index in [0.717, 1.165) is 44.0 Å². The molecular weight excluding hydrogens is 466 g/mol. The Morgan fingerprint density at radius 1 is 1.16 bits per heavy atom. The van der Waals surface area contributed by atoms with Crippen LogP contribution < -0.4 is 5.63 Å². The normalized spacial score (nSPS) is 10.6. The molecule has 0 radical (unpaired) electrons. The van der Waals surface area contributed by atoms with E-state index in [-0.39, 0.29) is 5.63 Å². The van der Waals surface area contributed by atoms with Crippen molar-refractivity contribution in [1.82, 2.24) is 0 Å². The van der Waals surface area contributed by atoms with Crippen LogP contribution in [0, 0.1) is 19.5 Å². The summed E-state index contributed by atoms with van der Waals surface area (Å²) >= 11 is 4.46. The third-order valence-electron chi connectivity index (χ3n) is 2.84. The average molecular weight is 478 g/mol. The fourth-order valence-corrected chi connectivity index (χ4v) is 3.91. The van der Waals surface area contributed by atoms with Crippen molar-refractivity contribution in [1.29, 1.82) is 0 Å². The summed E-state index contributed by atoms with van der Waals surface area (Å²) in [6, 6.07) is 5.90. The first-order valence-corrected chi connectivity index (χ1v) is 8.13. The minimum Gasteiger partial charge on any atom is -0.427 e. The van der Waals surface area contributed by atoms with E-state index in [1.165, 1.54) is 0 Å². The maximum absolute atomic E-state index is 12.0. The van der Waals surface area contributed by atoms with Crippen LogP contribution in [0.25, 0.3) is 10.8 Å². The lowest BCUT2D eigenvalue weighted by atomic mass is 10.1. The number of rotatable bonds is 4. The van der Waals surface area contributed by atoms with E-state index in [1.54, 1.807) is 0 Å². The summed E-state index contributed by atoms with van der Waals surface area (Å²) in [5.74, 6) is 3.36. The lowest BCUT2D eigenvalue weighted by Gasteiger charge is -2.04. The Morgan fingerprint density at radius 3 is 2.68 bits per heavy atom. The van der Waals surface area contributed by atoms with Crippen molar-refractivity contribution in [3.05, 3.63) is 41.5 Å². The van der Waals surface area contributed by atoms with Crippen molar-refractivity contribution < 1.29 is 4.42 Å². The molecular formula is C15H12I2O2. The first kappa shape index (κ1) is 14.9. The summed E-state index contributed by atoms with van der Waals surface area (Å²) in [5.41, 5.74) is -0.249. The fraction of sp³-hybridized carbons (Fsp3) is 0.267. The van der Waals surface area contributed by atoms with Crippen LogP contribution in [0.3, 0.4) is 0 Å².